The maximum Gasteiger partial charge on any atom is 0.326 e. The molecular formula is C34H43NO8. The number of esters is 1. The fourth-order valence-corrected chi connectivity index (χ4v) is 8.90. The van der Waals surface area contributed by atoms with Crippen LogP contribution in [0.15, 0.2) is 42.0 Å². The normalized spacial score (nSPS) is 33.7. The van der Waals surface area contributed by atoms with E-state index in [1.165, 1.54) is 5.57 Å². The number of aliphatic hydroxyl groups is 1. The van der Waals surface area contributed by atoms with E-state index >= 15 is 0 Å². The van der Waals surface area contributed by atoms with E-state index in [-0.39, 0.29) is 36.4 Å². The van der Waals surface area contributed by atoms with E-state index in [2.05, 4.69) is 12.2 Å². The van der Waals surface area contributed by atoms with Crippen molar-refractivity contribution in [2.45, 2.75) is 96.1 Å². The van der Waals surface area contributed by atoms with Crippen LogP contribution in [0.5, 0.6) is 0 Å². The van der Waals surface area contributed by atoms with Gasteiger partial charge in [0.25, 0.3) is 0 Å². The maximum absolute atomic E-state index is 13.4. The Labute approximate surface area is 252 Å². The topological polar surface area (TPSA) is 147 Å². The number of carbonyl (C=O) groups excluding carboxylic acids is 4. The van der Waals surface area contributed by atoms with Crippen LogP contribution in [-0.4, -0.2) is 57.9 Å². The highest BCUT2D eigenvalue weighted by atomic mass is 16.5. The van der Waals surface area contributed by atoms with E-state index < -0.39 is 47.3 Å². The van der Waals surface area contributed by atoms with Gasteiger partial charge in [-0.3, -0.25) is 19.2 Å². The molecule has 0 aliphatic heterocycles. The Kier molecular flexibility index (Phi) is 8.67. The summed E-state index contributed by atoms with van der Waals surface area (Å²) in [4.78, 5) is 62.0. The molecule has 3 fully saturated rings. The molecule has 0 aromatic heterocycles. The first-order chi connectivity index (χ1) is 20.4. The van der Waals surface area contributed by atoms with Crippen molar-refractivity contribution in [1.29, 1.82) is 0 Å². The minimum Gasteiger partial charge on any atom is -0.480 e. The number of rotatable bonds is 10. The number of carboxylic acid groups (broad SMARTS) is 1. The molecule has 7 atom stereocenters. The molecule has 9 heteroatoms. The van der Waals surface area contributed by atoms with Crippen molar-refractivity contribution >= 4 is 29.4 Å². The number of hydrogen-bond acceptors (Lipinski definition) is 7. The molecule has 0 heterocycles. The van der Waals surface area contributed by atoms with Gasteiger partial charge in [-0.1, -0.05) is 49.8 Å². The summed E-state index contributed by atoms with van der Waals surface area (Å²) in [6.45, 7) is 3.74. The molecule has 4 aliphatic rings. The van der Waals surface area contributed by atoms with Crippen LogP contribution in [0.4, 0.5) is 0 Å². The van der Waals surface area contributed by atoms with Gasteiger partial charge < -0.3 is 20.3 Å². The summed E-state index contributed by atoms with van der Waals surface area (Å²) in [6.07, 6.45) is 7.30. The first-order valence-corrected chi connectivity index (χ1v) is 15.6. The SMILES string of the molecule is C[C@]12CCC(=O)C=C1CC[C@H]1[C@H]2CC[C@@]2(C)[C@H]1CC[C@]2(O)C(=O)COC(=O)CCC(=O)N[C@H](Cc1ccccc1)C(=O)O. The van der Waals surface area contributed by atoms with Crippen molar-refractivity contribution in [2.24, 2.45) is 28.6 Å². The third kappa shape index (κ3) is 5.80. The van der Waals surface area contributed by atoms with Gasteiger partial charge in [-0.05, 0) is 79.8 Å². The maximum atomic E-state index is 13.4. The van der Waals surface area contributed by atoms with E-state index in [0.29, 0.717) is 31.1 Å². The molecule has 1 aromatic carbocycles. The largest absolute Gasteiger partial charge is 0.480 e. The molecule has 0 unspecified atom stereocenters. The predicted molar refractivity (Wildman–Crippen MR) is 157 cm³/mol. The number of amides is 1. The van der Waals surface area contributed by atoms with Crippen molar-refractivity contribution < 1.29 is 38.9 Å². The van der Waals surface area contributed by atoms with Crippen molar-refractivity contribution in [3.8, 4) is 0 Å². The summed E-state index contributed by atoms with van der Waals surface area (Å²) in [5.74, 6) is -1.85. The van der Waals surface area contributed by atoms with Crippen molar-refractivity contribution in [3.05, 3.63) is 47.5 Å². The average molecular weight is 594 g/mol. The number of nitrogens with one attached hydrogen (secondary N) is 1. The zero-order valence-electron chi connectivity index (χ0n) is 25.1. The minimum absolute atomic E-state index is 0.00325. The number of Topliss-reactive ketones (excluding diaryl/α,β-unsaturated/α-hetero) is 1. The Hall–Kier alpha value is -3.33. The average Bonchev–Trinajstić information content (AvgIpc) is 3.26. The lowest BCUT2D eigenvalue weighted by molar-refractivity contribution is -0.170. The predicted octanol–water partition coefficient (Wildman–Crippen LogP) is 3.95. The Morgan fingerprint density at radius 1 is 0.977 bits per heavy atom. The van der Waals surface area contributed by atoms with E-state index in [1.807, 2.05) is 19.1 Å². The summed E-state index contributed by atoms with van der Waals surface area (Å²) in [5, 5.41) is 23.8. The first-order valence-electron chi connectivity index (χ1n) is 15.6. The van der Waals surface area contributed by atoms with Gasteiger partial charge in [0.15, 0.2) is 12.4 Å². The number of carboxylic acids is 1. The molecule has 0 bridgehead atoms. The second-order valence-electron chi connectivity index (χ2n) is 13.6. The van der Waals surface area contributed by atoms with Gasteiger partial charge in [0.1, 0.15) is 11.6 Å². The van der Waals surface area contributed by atoms with Crippen molar-refractivity contribution in [1.82, 2.24) is 5.32 Å². The van der Waals surface area contributed by atoms with E-state index in [1.54, 1.807) is 24.3 Å². The zero-order valence-corrected chi connectivity index (χ0v) is 25.1. The summed E-state index contributed by atoms with van der Waals surface area (Å²) < 4.78 is 5.22. The lowest BCUT2D eigenvalue weighted by atomic mass is 9.46. The van der Waals surface area contributed by atoms with Crippen LogP contribution in [0.3, 0.4) is 0 Å². The number of aliphatic carboxylic acids is 1. The molecule has 0 radical (unpaired) electrons. The van der Waals surface area contributed by atoms with Gasteiger partial charge in [0, 0.05) is 24.7 Å². The van der Waals surface area contributed by atoms with Gasteiger partial charge in [0.05, 0.1) is 6.42 Å². The van der Waals surface area contributed by atoms with Crippen LogP contribution in [0.2, 0.25) is 0 Å². The zero-order chi connectivity index (χ0) is 31.0. The lowest BCUT2D eigenvalue weighted by Crippen LogP contribution is -2.58. The van der Waals surface area contributed by atoms with Crippen LogP contribution >= 0.6 is 0 Å². The van der Waals surface area contributed by atoms with E-state index in [0.717, 1.165) is 37.7 Å². The molecule has 5 rings (SSSR count). The van der Waals surface area contributed by atoms with Crippen LogP contribution in [0, 0.1) is 28.6 Å². The van der Waals surface area contributed by atoms with E-state index in [4.69, 9.17) is 4.74 Å². The number of ether oxygens (including phenoxy) is 1. The first kappa shape index (κ1) is 31.1. The fraction of sp³-hybridized carbons (Fsp3) is 0.618. The number of carbonyl (C=O) groups is 5. The molecule has 43 heavy (non-hydrogen) atoms. The molecule has 1 amide bonds. The fourth-order valence-electron chi connectivity index (χ4n) is 8.90. The molecule has 0 saturated heterocycles. The molecular weight excluding hydrogens is 550 g/mol. The third-order valence-electron chi connectivity index (χ3n) is 11.4. The second kappa shape index (κ2) is 12.0. The van der Waals surface area contributed by atoms with Gasteiger partial charge >= 0.3 is 11.9 Å². The highest BCUT2D eigenvalue weighted by Gasteiger charge is 2.66. The van der Waals surface area contributed by atoms with Crippen LogP contribution < -0.4 is 5.32 Å². The smallest absolute Gasteiger partial charge is 0.326 e. The molecule has 1 aromatic rings. The van der Waals surface area contributed by atoms with E-state index in [9.17, 15) is 34.2 Å². The molecule has 232 valence electrons. The molecule has 9 nitrogen and oxygen atoms in total. The van der Waals surface area contributed by atoms with Gasteiger partial charge in [-0.25, -0.2) is 4.79 Å². The molecule has 4 aliphatic carbocycles. The number of allylic oxidation sites excluding steroid dienone is 1. The monoisotopic (exact) mass is 593 g/mol. The van der Waals surface area contributed by atoms with Crippen LogP contribution in [0.1, 0.15) is 83.6 Å². The minimum atomic E-state index is -1.59. The highest BCUT2D eigenvalue weighted by molar-refractivity contribution is 5.92. The highest BCUT2D eigenvalue weighted by Crippen LogP contribution is 2.67. The van der Waals surface area contributed by atoms with Crippen LogP contribution in [0.25, 0.3) is 0 Å². The Morgan fingerprint density at radius 2 is 1.70 bits per heavy atom. The number of hydrogen-bond donors (Lipinski definition) is 3. The quantitative estimate of drug-likeness (QED) is 0.346. The van der Waals surface area contributed by atoms with Gasteiger partial charge in [0.2, 0.25) is 11.7 Å². The third-order valence-corrected chi connectivity index (χ3v) is 11.4. The summed E-state index contributed by atoms with van der Waals surface area (Å²) in [6, 6.07) is 7.78. The number of benzene rings is 1. The molecule has 3 N–H and O–H groups in total. The molecule has 3 saturated carbocycles. The summed E-state index contributed by atoms with van der Waals surface area (Å²) >= 11 is 0. The van der Waals surface area contributed by atoms with Crippen molar-refractivity contribution in [2.75, 3.05) is 6.61 Å². The standard InChI is InChI=1S/C34H43NO8/c1-32-15-12-23(36)19-22(32)8-9-24-25(32)13-16-33(2)26(24)14-17-34(33,42)28(37)20-43-30(39)11-10-29(38)35-27(31(40)41)18-21-6-4-3-5-7-21/h3-7,19,24-27,42H,8-18,20H2,1-2H3,(H,35,38)(H,40,41)/t24-,25+,26-,27+,32-,33-,34-/m0/s1. The van der Waals surface area contributed by atoms with Crippen LogP contribution in [-0.2, 0) is 35.1 Å². The Balaban J connectivity index is 1.14. The number of fused-ring (bicyclic) bond motifs is 5. The summed E-state index contributed by atoms with van der Waals surface area (Å²) in [5.41, 5.74) is -0.187. The second-order valence-corrected chi connectivity index (χ2v) is 13.6. The lowest BCUT2D eigenvalue weighted by Gasteiger charge is -2.58. The Morgan fingerprint density at radius 3 is 2.42 bits per heavy atom. The Bertz CT molecular complexity index is 1320. The van der Waals surface area contributed by atoms with Crippen molar-refractivity contribution in [3.63, 3.8) is 0 Å². The summed E-state index contributed by atoms with van der Waals surface area (Å²) in [7, 11) is 0. The van der Waals surface area contributed by atoms with Gasteiger partial charge in [-0.15, -0.1) is 0 Å². The number of ketones is 2. The van der Waals surface area contributed by atoms with Gasteiger partial charge in [-0.2, -0.15) is 0 Å². The molecule has 0 spiro atoms.